The van der Waals surface area contributed by atoms with Crippen LogP contribution in [0.5, 0.6) is 0 Å². The summed E-state index contributed by atoms with van der Waals surface area (Å²) in [5.74, 6) is 5.12. The minimum Gasteiger partial charge on any atom is -0.293 e. The summed E-state index contributed by atoms with van der Waals surface area (Å²) in [4.78, 5) is 0. The molecule has 1 heteroatoms. The largest absolute Gasteiger partial charge is 0.293 e. The summed E-state index contributed by atoms with van der Waals surface area (Å²) < 4.78 is 0. The van der Waals surface area contributed by atoms with Gasteiger partial charge >= 0.3 is 0 Å². The van der Waals surface area contributed by atoms with E-state index in [1.165, 1.54) is 0 Å². The van der Waals surface area contributed by atoms with Crippen LogP contribution in [0.1, 0.15) is 19.8 Å². The highest BCUT2D eigenvalue weighted by molar-refractivity contribution is 5.00. The van der Waals surface area contributed by atoms with Gasteiger partial charge in [-0.25, -0.2) is 0 Å². The fourth-order valence-electron chi connectivity index (χ4n) is 0.715. The van der Waals surface area contributed by atoms with Gasteiger partial charge in [0.15, 0.2) is 0 Å². The monoisotopic (exact) mass is 135 g/mol. The Bertz CT molecular complexity index is 147. The number of terminal acetylenes is 2. The maximum Gasteiger partial charge on any atom is 0.0694 e. The van der Waals surface area contributed by atoms with Gasteiger partial charge in [0, 0.05) is 0 Å². The van der Waals surface area contributed by atoms with Crippen LogP contribution < -0.4 is 5.32 Å². The lowest BCUT2D eigenvalue weighted by atomic mass is 10.2. The Morgan fingerprint density at radius 3 is 2.60 bits per heavy atom. The highest BCUT2D eigenvalue weighted by Crippen LogP contribution is 1.92. The van der Waals surface area contributed by atoms with Crippen LogP contribution in [0.25, 0.3) is 0 Å². The van der Waals surface area contributed by atoms with Crippen molar-refractivity contribution in [3.8, 4) is 24.7 Å². The van der Waals surface area contributed by atoms with Crippen LogP contribution in [0.15, 0.2) is 0 Å². The molecule has 0 aliphatic carbocycles. The Morgan fingerprint density at radius 2 is 2.20 bits per heavy atom. The maximum absolute atomic E-state index is 5.22. The predicted octanol–water partition coefficient (Wildman–Crippen LogP) is 1.01. The lowest BCUT2D eigenvalue weighted by Crippen LogP contribution is -2.27. The summed E-state index contributed by atoms with van der Waals surface area (Å²) in [7, 11) is 0. The minimum atomic E-state index is 0.154. The molecule has 1 atom stereocenters. The molecule has 0 aromatic carbocycles. The molecular formula is C9H13N. The van der Waals surface area contributed by atoms with E-state index in [2.05, 4.69) is 24.1 Å². The second-order valence-electron chi connectivity index (χ2n) is 2.09. The number of rotatable bonds is 4. The van der Waals surface area contributed by atoms with E-state index in [1.807, 2.05) is 0 Å². The number of hydrogen-bond donors (Lipinski definition) is 1. The van der Waals surface area contributed by atoms with Crippen LogP contribution in [0.3, 0.4) is 0 Å². The van der Waals surface area contributed by atoms with Crippen molar-refractivity contribution in [3.05, 3.63) is 0 Å². The summed E-state index contributed by atoms with van der Waals surface area (Å²) in [6, 6.07) is 0.154. The van der Waals surface area contributed by atoms with E-state index in [-0.39, 0.29) is 6.04 Å². The van der Waals surface area contributed by atoms with Gasteiger partial charge in [0.25, 0.3) is 0 Å². The van der Waals surface area contributed by atoms with E-state index in [4.69, 9.17) is 12.8 Å². The molecule has 1 nitrogen and oxygen atoms in total. The molecule has 0 aromatic heterocycles. The van der Waals surface area contributed by atoms with Crippen LogP contribution in [0.2, 0.25) is 0 Å². The van der Waals surface area contributed by atoms with Gasteiger partial charge in [0.2, 0.25) is 0 Å². The molecule has 0 spiro atoms. The van der Waals surface area contributed by atoms with E-state index >= 15 is 0 Å². The molecule has 54 valence electrons. The van der Waals surface area contributed by atoms with Crippen molar-refractivity contribution < 1.29 is 0 Å². The molecule has 0 amide bonds. The van der Waals surface area contributed by atoms with Crippen molar-refractivity contribution >= 4 is 0 Å². The zero-order chi connectivity index (χ0) is 7.82. The van der Waals surface area contributed by atoms with Gasteiger partial charge in [-0.15, -0.1) is 12.8 Å². The summed E-state index contributed by atoms with van der Waals surface area (Å²) in [5, 5.41) is 3.05. The second kappa shape index (κ2) is 6.20. The van der Waals surface area contributed by atoms with Gasteiger partial charge < -0.3 is 0 Å². The smallest absolute Gasteiger partial charge is 0.0694 e. The molecule has 0 aromatic rings. The highest BCUT2D eigenvalue weighted by atomic mass is 14.9. The Hall–Kier alpha value is -0.920. The fourth-order valence-corrected chi connectivity index (χ4v) is 0.715. The minimum absolute atomic E-state index is 0.154. The van der Waals surface area contributed by atoms with Crippen molar-refractivity contribution in [2.75, 3.05) is 6.54 Å². The van der Waals surface area contributed by atoms with Crippen molar-refractivity contribution in [2.45, 2.75) is 25.8 Å². The van der Waals surface area contributed by atoms with Crippen molar-refractivity contribution in [2.24, 2.45) is 0 Å². The third-order valence-corrected chi connectivity index (χ3v) is 1.23. The van der Waals surface area contributed by atoms with Gasteiger partial charge in [0.05, 0.1) is 12.6 Å². The molecule has 0 aliphatic rings. The van der Waals surface area contributed by atoms with Gasteiger partial charge in [0.1, 0.15) is 0 Å². The van der Waals surface area contributed by atoms with E-state index in [0.29, 0.717) is 6.54 Å². The van der Waals surface area contributed by atoms with E-state index in [1.54, 1.807) is 0 Å². The van der Waals surface area contributed by atoms with E-state index in [0.717, 1.165) is 12.8 Å². The van der Waals surface area contributed by atoms with E-state index in [9.17, 15) is 0 Å². The van der Waals surface area contributed by atoms with Crippen LogP contribution in [0, 0.1) is 24.7 Å². The average molecular weight is 135 g/mol. The highest BCUT2D eigenvalue weighted by Gasteiger charge is 1.98. The Kier molecular flexibility index (Phi) is 5.63. The van der Waals surface area contributed by atoms with Crippen LogP contribution in [-0.2, 0) is 0 Å². The zero-order valence-electron chi connectivity index (χ0n) is 6.35. The quantitative estimate of drug-likeness (QED) is 0.567. The molecule has 0 heterocycles. The molecule has 1 unspecified atom stereocenters. The van der Waals surface area contributed by atoms with Crippen molar-refractivity contribution in [1.82, 2.24) is 5.32 Å². The molecule has 0 fully saturated rings. The zero-order valence-corrected chi connectivity index (χ0v) is 6.35. The van der Waals surface area contributed by atoms with Gasteiger partial charge in [-0.3, -0.25) is 5.32 Å². The molecule has 0 saturated carbocycles. The second-order valence-corrected chi connectivity index (χ2v) is 2.09. The van der Waals surface area contributed by atoms with Crippen LogP contribution in [-0.4, -0.2) is 12.6 Å². The summed E-state index contributed by atoms with van der Waals surface area (Å²) >= 11 is 0. The SMILES string of the molecule is C#CCNC(C#C)CCC. The van der Waals surface area contributed by atoms with Gasteiger partial charge in [-0.2, -0.15) is 0 Å². The van der Waals surface area contributed by atoms with Crippen molar-refractivity contribution in [3.63, 3.8) is 0 Å². The predicted molar refractivity (Wildman–Crippen MR) is 44.4 cm³/mol. The number of nitrogens with one attached hydrogen (secondary N) is 1. The molecule has 10 heavy (non-hydrogen) atoms. The maximum atomic E-state index is 5.22. The third-order valence-electron chi connectivity index (χ3n) is 1.23. The summed E-state index contributed by atoms with van der Waals surface area (Å²) in [6.45, 7) is 2.66. The molecule has 1 N–H and O–H groups in total. The first-order valence-electron chi connectivity index (χ1n) is 3.48. The van der Waals surface area contributed by atoms with Gasteiger partial charge in [-0.05, 0) is 6.42 Å². The summed E-state index contributed by atoms with van der Waals surface area (Å²) in [6.07, 6.45) is 12.4. The third kappa shape index (κ3) is 4.01. The summed E-state index contributed by atoms with van der Waals surface area (Å²) in [5.41, 5.74) is 0. The molecule has 0 aliphatic heterocycles. The molecule has 0 bridgehead atoms. The lowest BCUT2D eigenvalue weighted by molar-refractivity contribution is 0.600. The van der Waals surface area contributed by atoms with Crippen LogP contribution in [0.4, 0.5) is 0 Å². The molecule has 0 saturated heterocycles. The number of hydrogen-bond acceptors (Lipinski definition) is 1. The molecule has 0 radical (unpaired) electrons. The topological polar surface area (TPSA) is 12.0 Å². The average Bonchev–Trinajstić information content (AvgIpc) is 1.98. The van der Waals surface area contributed by atoms with Gasteiger partial charge in [-0.1, -0.05) is 25.2 Å². The lowest BCUT2D eigenvalue weighted by Gasteiger charge is -2.07. The first-order chi connectivity index (χ1) is 4.85. The van der Waals surface area contributed by atoms with E-state index < -0.39 is 0 Å². The Morgan fingerprint density at radius 1 is 1.50 bits per heavy atom. The first kappa shape index (κ1) is 9.08. The molecule has 0 rings (SSSR count). The Balaban J connectivity index is 3.45. The van der Waals surface area contributed by atoms with Crippen LogP contribution >= 0.6 is 0 Å². The fraction of sp³-hybridized carbons (Fsp3) is 0.556. The normalized spacial score (nSPS) is 11.5. The molecular weight excluding hydrogens is 122 g/mol. The Labute approximate surface area is 63.2 Å². The first-order valence-corrected chi connectivity index (χ1v) is 3.48. The standard InChI is InChI=1S/C9H13N/c1-4-7-9(6-3)10-8-5-2/h2-3,9-10H,4,7-8H2,1H3. The van der Waals surface area contributed by atoms with Crippen molar-refractivity contribution in [1.29, 1.82) is 0 Å².